The summed E-state index contributed by atoms with van der Waals surface area (Å²) in [6, 6.07) is 1.61. The van der Waals surface area contributed by atoms with Gasteiger partial charge in [0.25, 0.3) is 11.4 Å². The maximum atomic E-state index is 11.1. The lowest BCUT2D eigenvalue weighted by Crippen LogP contribution is -2.17. The molecule has 21 heavy (non-hydrogen) atoms. The lowest BCUT2D eigenvalue weighted by molar-refractivity contribution is -0.392. The van der Waals surface area contributed by atoms with E-state index in [2.05, 4.69) is 5.32 Å². The first-order chi connectivity index (χ1) is 9.90. The summed E-state index contributed by atoms with van der Waals surface area (Å²) < 4.78 is 0. The van der Waals surface area contributed by atoms with Crippen LogP contribution in [0.15, 0.2) is 12.1 Å². The van der Waals surface area contributed by atoms with Crippen molar-refractivity contribution in [1.29, 1.82) is 0 Å². The van der Waals surface area contributed by atoms with E-state index in [1.807, 2.05) is 0 Å². The number of nitro groups is 2. The van der Waals surface area contributed by atoms with Gasteiger partial charge in [-0.05, 0) is 12.8 Å². The van der Waals surface area contributed by atoms with Gasteiger partial charge in [0.15, 0.2) is 5.69 Å². The van der Waals surface area contributed by atoms with E-state index in [0.717, 1.165) is 37.8 Å². The van der Waals surface area contributed by atoms with E-state index in [9.17, 15) is 25.0 Å². The SMILES string of the molecule is O=C(O)c1cc([N+](=O)[O-])c(NC2CCCC2)c([N+](=O)[O-])c1. The second-order valence-electron chi connectivity index (χ2n) is 4.83. The molecule has 9 heteroatoms. The van der Waals surface area contributed by atoms with Gasteiger partial charge in [-0.25, -0.2) is 4.79 Å². The topological polar surface area (TPSA) is 136 Å². The van der Waals surface area contributed by atoms with E-state index in [0.29, 0.717) is 0 Å². The van der Waals surface area contributed by atoms with Crippen molar-refractivity contribution in [2.24, 2.45) is 0 Å². The van der Waals surface area contributed by atoms with E-state index < -0.39 is 32.8 Å². The Labute approximate surface area is 118 Å². The minimum absolute atomic E-state index is 0.0712. The molecule has 0 unspecified atom stereocenters. The van der Waals surface area contributed by atoms with E-state index in [4.69, 9.17) is 5.11 Å². The Morgan fingerprint density at radius 1 is 1.14 bits per heavy atom. The first kappa shape index (κ1) is 14.7. The number of rotatable bonds is 5. The summed E-state index contributed by atoms with van der Waals surface area (Å²) in [5.41, 5.74) is -1.88. The van der Waals surface area contributed by atoms with E-state index >= 15 is 0 Å². The largest absolute Gasteiger partial charge is 0.478 e. The van der Waals surface area contributed by atoms with Crippen LogP contribution in [0.2, 0.25) is 0 Å². The Kier molecular flexibility index (Phi) is 4.01. The highest BCUT2D eigenvalue weighted by atomic mass is 16.6. The van der Waals surface area contributed by atoms with Crippen molar-refractivity contribution in [3.8, 4) is 0 Å². The van der Waals surface area contributed by atoms with Gasteiger partial charge in [0.2, 0.25) is 0 Å². The van der Waals surface area contributed by atoms with Crippen molar-refractivity contribution in [3.63, 3.8) is 0 Å². The van der Waals surface area contributed by atoms with Crippen LogP contribution in [0.25, 0.3) is 0 Å². The zero-order valence-corrected chi connectivity index (χ0v) is 10.9. The van der Waals surface area contributed by atoms with Crippen molar-refractivity contribution in [1.82, 2.24) is 0 Å². The number of benzene rings is 1. The number of aromatic carboxylic acids is 1. The van der Waals surface area contributed by atoms with Crippen LogP contribution < -0.4 is 5.32 Å². The minimum Gasteiger partial charge on any atom is -0.478 e. The standard InChI is InChI=1S/C12H13N3O6/c16-12(17)7-5-9(14(18)19)11(10(6-7)15(20)21)13-8-3-1-2-4-8/h5-6,8,13H,1-4H2,(H,16,17). The molecule has 0 bridgehead atoms. The average molecular weight is 295 g/mol. The molecular formula is C12H13N3O6. The van der Waals surface area contributed by atoms with Gasteiger partial charge in [0.1, 0.15) is 0 Å². The van der Waals surface area contributed by atoms with Crippen LogP contribution in [0.4, 0.5) is 17.1 Å². The van der Waals surface area contributed by atoms with Crippen LogP contribution in [0.1, 0.15) is 36.0 Å². The Bertz CT molecular complexity index is 574. The fourth-order valence-corrected chi connectivity index (χ4v) is 2.45. The van der Waals surface area contributed by atoms with Crippen molar-refractivity contribution in [2.75, 3.05) is 5.32 Å². The maximum Gasteiger partial charge on any atom is 0.336 e. The quantitative estimate of drug-likeness (QED) is 0.629. The Morgan fingerprint density at radius 3 is 2.00 bits per heavy atom. The van der Waals surface area contributed by atoms with Gasteiger partial charge in [0, 0.05) is 18.2 Å². The number of nitro benzene ring substituents is 2. The lowest BCUT2D eigenvalue weighted by atomic mass is 10.1. The van der Waals surface area contributed by atoms with Crippen LogP contribution in [0, 0.1) is 20.2 Å². The van der Waals surface area contributed by atoms with Gasteiger partial charge in [0.05, 0.1) is 15.4 Å². The predicted molar refractivity (Wildman–Crippen MR) is 72.6 cm³/mol. The molecule has 1 saturated carbocycles. The molecule has 1 fully saturated rings. The Hall–Kier alpha value is -2.71. The fraction of sp³-hybridized carbons (Fsp3) is 0.417. The summed E-state index contributed by atoms with van der Waals surface area (Å²) in [6.07, 6.45) is 3.45. The zero-order chi connectivity index (χ0) is 15.6. The number of anilines is 1. The molecular weight excluding hydrogens is 282 g/mol. The molecule has 112 valence electrons. The monoisotopic (exact) mass is 295 g/mol. The molecule has 2 rings (SSSR count). The molecule has 0 radical (unpaired) electrons. The molecule has 1 aliphatic rings. The fourth-order valence-electron chi connectivity index (χ4n) is 2.45. The van der Waals surface area contributed by atoms with E-state index in [-0.39, 0.29) is 11.7 Å². The zero-order valence-electron chi connectivity index (χ0n) is 10.9. The number of nitrogens with zero attached hydrogens (tertiary/aromatic N) is 2. The van der Waals surface area contributed by atoms with Crippen molar-refractivity contribution >= 4 is 23.0 Å². The Morgan fingerprint density at radius 2 is 1.62 bits per heavy atom. The van der Waals surface area contributed by atoms with Crippen LogP contribution in [0.3, 0.4) is 0 Å². The van der Waals surface area contributed by atoms with Crippen LogP contribution >= 0.6 is 0 Å². The third-order valence-electron chi connectivity index (χ3n) is 3.44. The summed E-state index contributed by atoms with van der Waals surface area (Å²) in [7, 11) is 0. The molecule has 0 spiro atoms. The van der Waals surface area contributed by atoms with Crippen molar-refractivity contribution < 1.29 is 19.7 Å². The third-order valence-corrected chi connectivity index (χ3v) is 3.44. The smallest absolute Gasteiger partial charge is 0.336 e. The second-order valence-corrected chi connectivity index (χ2v) is 4.83. The lowest BCUT2D eigenvalue weighted by Gasteiger charge is -2.14. The number of carbonyl (C=O) groups is 1. The molecule has 0 aromatic heterocycles. The first-order valence-electron chi connectivity index (χ1n) is 6.37. The number of nitrogens with one attached hydrogen (secondary N) is 1. The summed E-state index contributed by atoms with van der Waals surface area (Å²) in [6.45, 7) is 0. The predicted octanol–water partition coefficient (Wildman–Crippen LogP) is 2.56. The maximum absolute atomic E-state index is 11.1. The molecule has 9 nitrogen and oxygen atoms in total. The molecule has 0 atom stereocenters. The van der Waals surface area contributed by atoms with E-state index in [1.165, 1.54) is 0 Å². The molecule has 1 aliphatic carbocycles. The number of carboxylic acids is 1. The third kappa shape index (κ3) is 3.07. The molecule has 1 aromatic rings. The average Bonchev–Trinajstić information content (AvgIpc) is 2.90. The summed E-state index contributed by atoms with van der Waals surface area (Å²) in [5, 5.41) is 33.9. The number of carboxylic acid groups (broad SMARTS) is 1. The van der Waals surface area contributed by atoms with Gasteiger partial charge in [-0.1, -0.05) is 12.8 Å². The Balaban J connectivity index is 2.54. The highest BCUT2D eigenvalue weighted by Gasteiger charge is 2.30. The van der Waals surface area contributed by atoms with Crippen molar-refractivity contribution in [3.05, 3.63) is 37.9 Å². The van der Waals surface area contributed by atoms with Gasteiger partial charge in [-0.3, -0.25) is 20.2 Å². The molecule has 0 amide bonds. The molecule has 0 saturated heterocycles. The molecule has 1 aromatic carbocycles. The summed E-state index contributed by atoms with van der Waals surface area (Å²) >= 11 is 0. The van der Waals surface area contributed by atoms with E-state index in [1.54, 1.807) is 0 Å². The molecule has 0 aliphatic heterocycles. The van der Waals surface area contributed by atoms with Gasteiger partial charge in [-0.15, -0.1) is 0 Å². The van der Waals surface area contributed by atoms with Gasteiger partial charge in [-0.2, -0.15) is 0 Å². The molecule has 0 heterocycles. The molecule has 2 N–H and O–H groups in total. The van der Waals surface area contributed by atoms with Crippen molar-refractivity contribution in [2.45, 2.75) is 31.7 Å². The van der Waals surface area contributed by atoms with Gasteiger partial charge < -0.3 is 10.4 Å². The van der Waals surface area contributed by atoms with Crippen LogP contribution in [-0.2, 0) is 0 Å². The van der Waals surface area contributed by atoms with Crippen LogP contribution in [-0.4, -0.2) is 27.0 Å². The minimum atomic E-state index is -1.45. The summed E-state index contributed by atoms with van der Waals surface area (Å²) in [4.78, 5) is 31.5. The highest BCUT2D eigenvalue weighted by Crippen LogP contribution is 2.37. The second kappa shape index (κ2) is 5.73. The highest BCUT2D eigenvalue weighted by molar-refractivity contribution is 5.92. The summed E-state index contributed by atoms with van der Waals surface area (Å²) in [5.74, 6) is -1.45. The van der Waals surface area contributed by atoms with Gasteiger partial charge >= 0.3 is 5.97 Å². The first-order valence-corrected chi connectivity index (χ1v) is 6.37. The number of hydrogen-bond acceptors (Lipinski definition) is 6. The number of hydrogen-bond donors (Lipinski definition) is 2. The van der Waals surface area contributed by atoms with Crippen LogP contribution in [0.5, 0.6) is 0 Å². The normalized spacial score (nSPS) is 14.9.